The summed E-state index contributed by atoms with van der Waals surface area (Å²) in [7, 11) is 4.59. The fraction of sp³-hybridized carbons (Fsp3) is 0.626. The fourth-order valence-corrected chi connectivity index (χ4v) is 16.5. The van der Waals surface area contributed by atoms with Gasteiger partial charge >= 0.3 is 5.97 Å². The minimum Gasteiger partial charge on any atom is -0.459 e. The van der Waals surface area contributed by atoms with Gasteiger partial charge in [-0.3, -0.25) is 24.0 Å². The van der Waals surface area contributed by atoms with Crippen molar-refractivity contribution in [1.82, 2.24) is 49.9 Å². The molecule has 4 aliphatic rings. The maximum Gasteiger partial charge on any atom is 0.329 e. The van der Waals surface area contributed by atoms with Crippen molar-refractivity contribution in [1.29, 1.82) is 0 Å². The zero-order valence-electron chi connectivity index (χ0n) is 74.0. The maximum atomic E-state index is 14.7. The molecule has 15 atom stereocenters. The first-order valence-electron chi connectivity index (χ1n) is 44.0. The summed E-state index contributed by atoms with van der Waals surface area (Å²) in [5.74, 6) is -8.11. The highest BCUT2D eigenvalue weighted by atomic mass is 16.6. The van der Waals surface area contributed by atoms with Gasteiger partial charge in [0.2, 0.25) is 11.7 Å². The van der Waals surface area contributed by atoms with Crippen LogP contribution in [0.15, 0.2) is 107 Å². The van der Waals surface area contributed by atoms with Crippen molar-refractivity contribution in [2.75, 3.05) is 125 Å². The molecule has 2 saturated heterocycles. The Balaban J connectivity index is 0.569. The van der Waals surface area contributed by atoms with E-state index in [9.17, 15) is 39.0 Å². The molecule has 6 aromatic rings. The number of methoxy groups -OCH3 is 3. The van der Waals surface area contributed by atoms with E-state index in [4.69, 9.17) is 83.6 Å². The molecule has 10 rings (SSSR count). The van der Waals surface area contributed by atoms with Crippen LogP contribution in [0.5, 0.6) is 0 Å². The van der Waals surface area contributed by atoms with Gasteiger partial charge < -0.3 is 98.9 Å². The summed E-state index contributed by atoms with van der Waals surface area (Å²) in [4.78, 5) is 98.8. The van der Waals surface area contributed by atoms with E-state index in [1.165, 1.54) is 13.4 Å². The number of nitrogens with zero attached hydrogens (tertiary/aromatic N) is 9. The number of anilines is 2. The molecule has 2 aromatic carbocycles. The number of unbranched alkanes of at least 4 members (excludes halogenated alkanes) is 1. The molecule has 0 unspecified atom stereocenters. The van der Waals surface area contributed by atoms with Crippen LogP contribution in [0, 0.1) is 29.6 Å². The van der Waals surface area contributed by atoms with E-state index in [-0.39, 0.29) is 86.4 Å². The highest BCUT2D eigenvalue weighted by molar-refractivity contribution is 6.39. The van der Waals surface area contributed by atoms with Crippen LogP contribution in [0.4, 0.5) is 11.8 Å². The van der Waals surface area contributed by atoms with E-state index in [0.29, 0.717) is 202 Å². The third-order valence-electron chi connectivity index (χ3n) is 23.8. The Morgan fingerprint density at radius 1 is 0.744 bits per heavy atom. The lowest BCUT2D eigenvalue weighted by Crippen LogP contribution is -2.61. The molecule has 0 radical (unpaired) electrons. The molecular formula is C91H131N13O21. The molecule has 125 heavy (non-hydrogen) atoms. The molecular weight excluding hydrogens is 1610 g/mol. The van der Waals surface area contributed by atoms with Crippen LogP contribution in [0.25, 0.3) is 33.4 Å². The van der Waals surface area contributed by atoms with Crippen molar-refractivity contribution >= 4 is 69.1 Å². The number of carbonyl (C=O) groups is 6. The van der Waals surface area contributed by atoms with Gasteiger partial charge in [-0.05, 0) is 150 Å². The molecule has 9 N–H and O–H groups in total. The zero-order chi connectivity index (χ0) is 89.4. The maximum absolute atomic E-state index is 14.7. The monoisotopic (exact) mass is 1740 g/mol. The summed E-state index contributed by atoms with van der Waals surface area (Å²) in [5.41, 5.74) is 26.3. The van der Waals surface area contributed by atoms with Crippen LogP contribution in [0.2, 0.25) is 0 Å². The summed E-state index contributed by atoms with van der Waals surface area (Å²) in [6, 6.07) is 11.4. The van der Waals surface area contributed by atoms with Crippen molar-refractivity contribution in [3.8, 4) is 11.3 Å². The van der Waals surface area contributed by atoms with E-state index in [0.717, 1.165) is 45.7 Å². The SMILES string of the molecule is CO[C@H]1C[C@@H]2CC[C@@H](C)[C@@](O)(O2)C(=O)C(=O)N2CCCC[C@H]2C(=O)O[C@H]([C@H](N)C[C@@H]2CC[C@@H](OCCCCc3cn(CCOCCOCCOCCOCCOCCOCCC(=O)NCc4ccc(Cn5nc(-c6ccc7oc(N)nc7c6)c6c(N)ncnc65)cc4)nn3)[C@H](OC)C2)CC(=O)[C@H](C)/C=C(\C)[C@@H](O)[C@@H](OC)C(=O)[C@H](C)C[C@H](C)/C=C/C=CC=C1C. The van der Waals surface area contributed by atoms with Crippen molar-refractivity contribution in [2.24, 2.45) is 35.3 Å². The van der Waals surface area contributed by atoms with Crippen molar-refractivity contribution in [3.63, 3.8) is 0 Å². The number of Topliss-reactive ketones (excluding diaryl/α,β-unsaturated/α-hetero) is 3. The van der Waals surface area contributed by atoms with Gasteiger partial charge in [0.25, 0.3) is 17.7 Å². The first-order valence-corrected chi connectivity index (χ1v) is 44.0. The van der Waals surface area contributed by atoms with Crippen LogP contribution in [-0.2, 0) is 112 Å². The second-order valence-electron chi connectivity index (χ2n) is 33.3. The van der Waals surface area contributed by atoms with Crippen LogP contribution in [-0.4, -0.2) is 264 Å². The number of ketones is 3. The lowest BCUT2D eigenvalue weighted by atomic mass is 9.80. The summed E-state index contributed by atoms with van der Waals surface area (Å²) < 4.78 is 79.4. The number of aryl methyl sites for hydroxylation is 1. The summed E-state index contributed by atoms with van der Waals surface area (Å²) in [6.07, 6.45) is 16.5. The molecule has 3 aliphatic heterocycles. The number of fused-ring (bicyclic) bond motifs is 5. The number of esters is 1. The second kappa shape index (κ2) is 50.0. The summed E-state index contributed by atoms with van der Waals surface area (Å²) in [6.45, 7) is 17.3. The smallest absolute Gasteiger partial charge is 0.329 e. The fourth-order valence-electron chi connectivity index (χ4n) is 16.5. The summed E-state index contributed by atoms with van der Waals surface area (Å²) >= 11 is 0. The standard InChI is InChI=1S/C91H131N13O21/c1-58-17-11-10-12-18-59(2)76(113-7)52-69-28-21-63(6)91(112,125-69)85(109)88(110)103-32-15-13-20-72(103)89(111)123-77(53-73(105)60(3)48-62(5)83(108)84(115-9)82(107)61(4)47-58)70(92)49-66-26-29-75(78(50-66)114-8)122-34-16-14-19-68-56-102(101-99-68)33-36-117-38-40-119-42-44-121-46-45-120-43-41-118-39-37-116-35-31-79(106)95-54-64-22-24-65(25-23-64)55-104-87-80(86(93)96-57-97-87)81(100-104)67-27-30-74-71(51-67)98-90(94)124-74/h10-12,17-18,22-25,27,30,48,51,56-58,60-61,63,66,69-70,72,75-78,83-84,108,112H,13-16,19-21,26,28-29,31-47,49-50,52-55,92H2,1-9H3,(H2,94,98)(H,95,106)(H2,93,96,97)/b12-10?,17-11+,59-18?,62-48+/t58-,60-,61-,63-,66+,69+,70-,72+,75-,76+,77+,78-,83-,84+,91-/m1/s1. The molecule has 34 nitrogen and oxygen atoms in total. The Labute approximate surface area is 731 Å². The third kappa shape index (κ3) is 29.0. The van der Waals surface area contributed by atoms with Crippen LogP contribution in [0.1, 0.15) is 155 Å². The lowest BCUT2D eigenvalue weighted by Gasteiger charge is -2.42. The Morgan fingerprint density at radius 2 is 1.45 bits per heavy atom. The Hall–Kier alpha value is -8.98. The molecule has 4 aromatic heterocycles. The minimum absolute atomic E-state index is 0.0157. The Morgan fingerprint density at radius 3 is 2.15 bits per heavy atom. The molecule has 2 bridgehead atoms. The first kappa shape index (κ1) is 98.2. The number of hydrogen-bond donors (Lipinski definition) is 6. The number of rotatable bonds is 38. The van der Waals surface area contributed by atoms with Crippen LogP contribution >= 0.6 is 0 Å². The number of aliphatic hydroxyl groups excluding tert-OH is 1. The molecule has 3 fully saturated rings. The number of benzene rings is 2. The number of nitrogen functional groups attached to an aromatic ring is 2. The summed E-state index contributed by atoms with van der Waals surface area (Å²) in [5, 5.41) is 40.9. The van der Waals surface area contributed by atoms with E-state index < -0.39 is 83.8 Å². The van der Waals surface area contributed by atoms with E-state index in [1.807, 2.05) is 86.8 Å². The van der Waals surface area contributed by atoms with Gasteiger partial charge in [-0.1, -0.05) is 93.6 Å². The van der Waals surface area contributed by atoms with Crippen molar-refractivity contribution < 1.29 is 100 Å². The zero-order valence-corrected chi connectivity index (χ0v) is 74.0. The van der Waals surface area contributed by atoms with Crippen molar-refractivity contribution in [3.05, 3.63) is 119 Å². The number of amides is 2. The molecule has 0 spiro atoms. The van der Waals surface area contributed by atoms with Crippen LogP contribution in [0.3, 0.4) is 0 Å². The normalized spacial score (nSPS) is 26.1. The first-order chi connectivity index (χ1) is 60.3. The number of ether oxygens (including phenoxy) is 12. The van der Waals surface area contributed by atoms with E-state index in [1.54, 1.807) is 63.4 Å². The average molecular weight is 1740 g/mol. The second-order valence-corrected chi connectivity index (χ2v) is 33.3. The Kier molecular flexibility index (Phi) is 39.2. The molecule has 7 heterocycles. The van der Waals surface area contributed by atoms with E-state index in [2.05, 4.69) is 30.6 Å². The van der Waals surface area contributed by atoms with Gasteiger partial charge in [-0.25, -0.2) is 24.1 Å². The van der Waals surface area contributed by atoms with Gasteiger partial charge in [0.05, 0.1) is 128 Å². The van der Waals surface area contributed by atoms with Crippen molar-refractivity contribution in [2.45, 2.75) is 225 Å². The minimum atomic E-state index is -2.48. The quantitative estimate of drug-likeness (QED) is 0.00915. The average Bonchev–Trinajstić information content (AvgIpc) is 0.810. The number of allylic oxidation sites excluding steroid dienone is 6. The molecule has 2 amide bonds. The van der Waals surface area contributed by atoms with Gasteiger partial charge in [0.15, 0.2) is 17.0 Å². The molecule has 1 saturated carbocycles. The number of hydrogen-bond acceptors (Lipinski definition) is 30. The van der Waals surface area contributed by atoms with Gasteiger partial charge in [-0.15, -0.1) is 5.10 Å². The van der Waals surface area contributed by atoms with E-state index >= 15 is 0 Å². The number of aromatic nitrogens is 8. The van der Waals surface area contributed by atoms with Gasteiger partial charge in [0.1, 0.15) is 53.5 Å². The Bertz CT molecular complexity index is 4550. The van der Waals surface area contributed by atoms with Crippen LogP contribution < -0.4 is 22.5 Å². The number of carbonyl (C=O) groups excluding carboxylic acids is 6. The number of nitrogens with two attached hydrogens (primary N) is 3. The highest BCUT2D eigenvalue weighted by Crippen LogP contribution is 2.39. The molecule has 686 valence electrons. The third-order valence-corrected chi connectivity index (χ3v) is 23.8. The largest absolute Gasteiger partial charge is 0.459 e. The number of aliphatic hydroxyl groups is 2. The molecule has 1 aliphatic carbocycles. The number of cyclic esters (lactones) is 1. The number of piperidine rings is 1. The number of oxazole rings is 1. The van der Waals surface area contributed by atoms with Gasteiger partial charge in [0, 0.05) is 95.8 Å². The molecule has 34 heteroatoms. The predicted octanol–water partition coefficient (Wildman–Crippen LogP) is 8.48. The topological polar surface area (TPSA) is 447 Å². The predicted molar refractivity (Wildman–Crippen MR) is 465 cm³/mol. The highest BCUT2D eigenvalue weighted by Gasteiger charge is 2.53. The number of nitrogens with one attached hydrogen (secondary N) is 1. The van der Waals surface area contributed by atoms with Gasteiger partial charge in [-0.2, -0.15) is 10.1 Å². The lowest BCUT2D eigenvalue weighted by molar-refractivity contribution is -0.265.